The minimum absolute atomic E-state index is 0. The number of ether oxygens (including phenoxy) is 5. The lowest BCUT2D eigenvalue weighted by atomic mass is 9.51. The van der Waals surface area contributed by atoms with E-state index >= 15 is 0 Å². The number of para-hydroxylation sites is 1. The first kappa shape index (κ1) is 92.5. The number of nitrogens with zero attached hydrogens (tertiary/aromatic N) is 3. The third kappa shape index (κ3) is 14.9. The van der Waals surface area contributed by atoms with Gasteiger partial charge in [-0.3, -0.25) is 19.2 Å². The zero-order chi connectivity index (χ0) is 93.1. The largest absolute Gasteiger partial charge is 0.490 e. The average molecular weight is 1820 g/mol. The number of imidazole rings is 1. The topological polar surface area (TPSA) is 216 Å². The van der Waals surface area contributed by atoms with Crippen LogP contribution in [-0.2, 0) is 26.2 Å². The minimum Gasteiger partial charge on any atom is -0.490 e. The second kappa shape index (κ2) is 35.1. The zero-order valence-electron chi connectivity index (χ0n) is 80.5. The number of rotatable bonds is 4. The van der Waals surface area contributed by atoms with Gasteiger partial charge in [0.15, 0.2) is 46.1 Å². The van der Waals surface area contributed by atoms with E-state index in [1.54, 1.807) is 11.1 Å². The Kier molecular flexibility index (Phi) is 24.0. The average Bonchev–Trinajstić information content (AvgIpc) is 1.60. The van der Waals surface area contributed by atoms with Gasteiger partial charge in [0.25, 0.3) is 0 Å². The summed E-state index contributed by atoms with van der Waals surface area (Å²) in [6.45, 7) is 21.7. The van der Waals surface area contributed by atoms with Gasteiger partial charge in [0.2, 0.25) is 6.79 Å². The molecule has 4 heterocycles. The number of carbonyl (C=O) groups is 4. The number of aryl methyl sites for hydroxylation is 2. The van der Waals surface area contributed by atoms with E-state index in [1.807, 2.05) is 71.1 Å². The second-order valence-corrected chi connectivity index (χ2v) is 43.9. The molecule has 0 amide bonds. The number of aromatic nitrogens is 2. The van der Waals surface area contributed by atoms with Crippen molar-refractivity contribution < 1.29 is 63.3 Å². The van der Waals surface area contributed by atoms with E-state index in [1.165, 1.54) is 72.4 Å². The maximum atomic E-state index is 12.2. The summed E-state index contributed by atoms with van der Waals surface area (Å²) in [5.41, 5.74) is 20.3. The number of hydrogen-bond acceptors (Lipinski definition) is 15. The molecule has 8 fully saturated rings. The Balaban J connectivity index is 0.000000111. The normalized spacial score (nSPS) is 35.9. The molecule has 16 heteroatoms. The van der Waals surface area contributed by atoms with Crippen molar-refractivity contribution in [2.75, 3.05) is 45.1 Å². The molecule has 8 saturated carbocycles. The molecular weight excluding hydrogens is 1680 g/mol. The van der Waals surface area contributed by atoms with Crippen molar-refractivity contribution in [1.82, 2.24) is 9.55 Å². The maximum absolute atomic E-state index is 12.2. The number of anilines is 1. The van der Waals surface area contributed by atoms with E-state index in [4.69, 9.17) is 28.7 Å². The molecule has 16 nitrogen and oxygen atoms in total. The summed E-state index contributed by atoms with van der Waals surface area (Å²) in [4.78, 5) is 56.0. The van der Waals surface area contributed by atoms with Crippen molar-refractivity contribution in [2.24, 2.45) is 76.1 Å². The summed E-state index contributed by atoms with van der Waals surface area (Å²) in [7, 11) is 4.18. The predicted molar refractivity (Wildman–Crippen MR) is 527 cm³/mol. The summed E-state index contributed by atoms with van der Waals surface area (Å²) in [6, 6.07) is 26.1. The Hall–Kier alpha value is -10.2. The van der Waals surface area contributed by atoms with Gasteiger partial charge in [-0.1, -0.05) is 111 Å². The molecule has 16 aliphatic carbocycles. The van der Waals surface area contributed by atoms with Crippen LogP contribution in [0, 0.1) is 123 Å². The van der Waals surface area contributed by atoms with Gasteiger partial charge in [0.1, 0.15) is 40.6 Å². The van der Waals surface area contributed by atoms with Crippen LogP contribution in [0.25, 0.3) is 11.0 Å². The van der Waals surface area contributed by atoms with E-state index in [9.17, 15) is 39.6 Å². The van der Waals surface area contributed by atoms with Gasteiger partial charge in [-0.15, -0.1) is 23.7 Å². The number of aliphatic hydroxyl groups is 4. The molecule has 20 atom stereocenters. The number of hydrogen-bond donors (Lipinski definition) is 4. The number of carbonyl (C=O) groups excluding carboxylic acids is 4. The molecule has 5 aromatic rings. The highest BCUT2D eigenvalue weighted by Crippen LogP contribution is 2.73. The lowest BCUT2D eigenvalue weighted by molar-refractivity contribution is -0.115. The molecule has 135 heavy (non-hydrogen) atoms. The molecule has 0 spiro atoms. The molecule has 0 saturated heterocycles. The Bertz CT molecular complexity index is 6340. The monoisotopic (exact) mass is 1820 g/mol. The molecule has 4 N–H and O–H groups in total. The fourth-order valence-corrected chi connectivity index (χ4v) is 31.3. The highest BCUT2D eigenvalue weighted by molar-refractivity contribution is 5.95. The molecule has 0 radical (unpaired) electrons. The molecule has 0 bridgehead atoms. The van der Waals surface area contributed by atoms with Crippen LogP contribution in [0.15, 0.2) is 164 Å². The van der Waals surface area contributed by atoms with Crippen LogP contribution >= 0.6 is 0 Å². The van der Waals surface area contributed by atoms with Crippen LogP contribution in [0.1, 0.15) is 301 Å². The summed E-state index contributed by atoms with van der Waals surface area (Å²) in [5, 5.41) is 47.2. The highest BCUT2D eigenvalue weighted by Gasteiger charge is 2.68. The van der Waals surface area contributed by atoms with Crippen molar-refractivity contribution in [2.45, 2.75) is 302 Å². The van der Waals surface area contributed by atoms with Crippen LogP contribution in [0.3, 0.4) is 0 Å². The van der Waals surface area contributed by atoms with Crippen molar-refractivity contribution in [3.05, 3.63) is 192 Å². The fourth-order valence-electron chi connectivity index (χ4n) is 31.3. The molecule has 1 aromatic heterocycles. The summed E-state index contributed by atoms with van der Waals surface area (Å²) in [6.07, 6.45) is 33.0. The van der Waals surface area contributed by atoms with Crippen LogP contribution in [0.2, 0.25) is 0 Å². The van der Waals surface area contributed by atoms with Gasteiger partial charge >= 0.3 is 0 Å². The van der Waals surface area contributed by atoms with E-state index in [0.717, 1.165) is 224 Å². The number of fused-ring (bicyclic) bond motifs is 20. The van der Waals surface area contributed by atoms with Gasteiger partial charge in [0, 0.05) is 97.1 Å². The number of ketones is 4. The molecule has 24 rings (SSSR count). The number of benzene rings is 4. The lowest BCUT2D eigenvalue weighted by Gasteiger charge is -2.53. The fraction of sp³-hybridized carbons (Fsp3) is 0.555. The van der Waals surface area contributed by atoms with Gasteiger partial charge in [-0.05, 0) is 364 Å². The first-order chi connectivity index (χ1) is 64.5. The molecular formula is C119H137N3O13. The van der Waals surface area contributed by atoms with E-state index in [2.05, 4.69) is 159 Å². The Labute approximate surface area is 799 Å². The second-order valence-electron chi connectivity index (χ2n) is 43.9. The molecule has 19 aliphatic rings. The predicted octanol–water partition coefficient (Wildman–Crippen LogP) is 21.9. The third-order valence-electron chi connectivity index (χ3n) is 37.9. The van der Waals surface area contributed by atoms with Crippen LogP contribution < -0.4 is 28.6 Å². The Morgan fingerprint density at radius 2 is 0.778 bits per heavy atom. The number of likely N-dealkylation sites (N-methyl/N-ethyl adjacent to an activating group) is 1. The Morgan fingerprint density at radius 3 is 1.21 bits per heavy atom. The first-order valence-corrected chi connectivity index (χ1v) is 50.7. The van der Waals surface area contributed by atoms with E-state index in [0.29, 0.717) is 92.8 Å². The first-order valence-electron chi connectivity index (χ1n) is 50.7. The quantitative estimate of drug-likeness (QED) is 0.123. The SMILES string of the molecule is C.CC#C[C@]1(O)CC[C@H]2[C@@H]3CCC4=CC(=O)CCC4=C3[C@@H](c3ccc4c(c3)OCCCO4)C[C@@]21C.CC#C[C@]1(O)CC[C@H]2[C@@H]3CCC4=CC(=O)CCC4=C3[C@@H](c3ccc4c(c3)OCCN4C)C[C@@]21C.CC#C[C@]1(O)CC[C@H]2[C@@H]3CCC4=CC(=O)CCC4=C3[C@@H](c3ccc4c(c3)nc(C)n4C)C[C@@]21C.CC#C[C@]1(O)CC[C@H]2[C@@H]3CCC4=CC(=O)CCC4=C3[C@@H](c3cccc4c3OCO4)C[C@@]21C. The van der Waals surface area contributed by atoms with Gasteiger partial charge in [-0.2, -0.15) is 0 Å². The van der Waals surface area contributed by atoms with Crippen LogP contribution in [-0.4, -0.2) is 116 Å². The maximum Gasteiger partial charge on any atom is 0.231 e. The number of allylic oxidation sites excluding steroid dienone is 16. The zero-order valence-corrected chi connectivity index (χ0v) is 80.5. The van der Waals surface area contributed by atoms with Crippen LogP contribution in [0.5, 0.6) is 28.7 Å². The van der Waals surface area contributed by atoms with E-state index < -0.39 is 22.4 Å². The third-order valence-corrected chi connectivity index (χ3v) is 37.9. The van der Waals surface area contributed by atoms with Crippen molar-refractivity contribution in [3.63, 3.8) is 0 Å². The van der Waals surface area contributed by atoms with Crippen molar-refractivity contribution in [1.29, 1.82) is 0 Å². The standard InChI is InChI=1S/C30H34N2O2.C30H35NO3.C30H34O4.C28H30O4.CH4/c1-5-13-30(34)14-12-25-23-9-6-19-15-21(33)8-10-22(19)28(23)24(17-29(25,30)3)20-7-11-27-26(16-20)31-18(2)32(27)4;1-4-12-30(33)13-11-25-23-8-5-19-16-21(32)7-9-22(19)28(23)24(18-29(25,30)2)20-6-10-26-27(17-20)34-15-14-31(26)3;1-3-12-30(32)13-11-25-23-8-5-19-16-21(31)7-9-22(19)28(23)24(18-29(25,30)2)20-6-10-26-27(17-20)34-15-4-14-33-26;1-3-12-28(30)13-11-23-21-9-7-17-14-18(29)8-10-19(17)25(21)22(15-27(23,28)2)20-5-4-6-24-26(20)32-16-31-24;/h7,11,15-16,23-25,34H,6,8-10,12,14,17H2,1-4H3;6,10,16-17,23-25,33H,5,7-9,11,13-15,18H2,1-3H3;6,10,16-17,23-25,32H,4-5,7-9,11,13-15,18H2,1-2H3;4-6,14,21-23,30H,7-11,13,15-16H2,1-2H3;1H4/t3*23-,24+,25-,29-,30-;21-,22+,23-,27-,28-;/m0000./s1. The van der Waals surface area contributed by atoms with Gasteiger partial charge in [-0.25, -0.2) is 4.98 Å². The van der Waals surface area contributed by atoms with Crippen molar-refractivity contribution in [3.8, 4) is 76.1 Å². The van der Waals surface area contributed by atoms with Crippen LogP contribution in [0.4, 0.5) is 5.69 Å². The smallest absolute Gasteiger partial charge is 0.231 e. The van der Waals surface area contributed by atoms with Crippen molar-refractivity contribution >= 4 is 39.9 Å². The molecule has 3 aliphatic heterocycles. The van der Waals surface area contributed by atoms with Gasteiger partial charge < -0.3 is 53.6 Å². The van der Waals surface area contributed by atoms with E-state index in [-0.39, 0.29) is 82.7 Å². The molecule has 0 unspecified atom stereocenters. The highest BCUT2D eigenvalue weighted by atomic mass is 16.7. The summed E-state index contributed by atoms with van der Waals surface area (Å²) in [5.74, 6) is 35.6. The summed E-state index contributed by atoms with van der Waals surface area (Å²) >= 11 is 0. The molecule has 4 aromatic carbocycles. The van der Waals surface area contributed by atoms with Gasteiger partial charge in [0.05, 0.1) is 36.5 Å². The lowest BCUT2D eigenvalue weighted by Crippen LogP contribution is -2.51. The summed E-state index contributed by atoms with van der Waals surface area (Å²) < 4.78 is 31.9. The minimum atomic E-state index is -0.963. The molecule has 706 valence electrons. The Morgan fingerprint density at radius 1 is 0.400 bits per heavy atom.